The third-order valence-electron chi connectivity index (χ3n) is 9.19. The van der Waals surface area contributed by atoms with E-state index < -0.39 is 11.8 Å². The van der Waals surface area contributed by atoms with Crippen LogP contribution in [0.15, 0.2) is 176 Å². The van der Waals surface area contributed by atoms with Gasteiger partial charge < -0.3 is 4.74 Å². The Kier molecular flexibility index (Phi) is 7.42. The molecule has 48 heavy (non-hydrogen) atoms. The Bertz CT molecular complexity index is 2120. The summed E-state index contributed by atoms with van der Waals surface area (Å²) in [4.78, 5) is 33.9. The van der Waals surface area contributed by atoms with Crippen LogP contribution >= 0.6 is 0 Å². The molecule has 2 aliphatic heterocycles. The Morgan fingerprint density at radius 1 is 0.583 bits per heavy atom. The number of hydrogen-bond acceptors (Lipinski definition) is 3. The molecule has 0 aliphatic carbocycles. The van der Waals surface area contributed by atoms with Crippen LogP contribution in [0.25, 0.3) is 11.3 Å². The van der Waals surface area contributed by atoms with Gasteiger partial charge in [0.1, 0.15) is 5.76 Å². The van der Waals surface area contributed by atoms with Crippen molar-refractivity contribution >= 4 is 34.5 Å². The van der Waals surface area contributed by atoms with Gasteiger partial charge in [-0.2, -0.15) is 0 Å². The minimum Gasteiger partial charge on any atom is -0.462 e. The lowest BCUT2D eigenvalue weighted by atomic mass is 9.86. The number of carbonyl (C=O) groups is 2. The Labute approximate surface area is 280 Å². The third-order valence-corrected chi connectivity index (χ3v) is 9.19. The van der Waals surface area contributed by atoms with Gasteiger partial charge in [-0.05, 0) is 35.4 Å². The first kappa shape index (κ1) is 29.2. The molecule has 0 radical (unpaired) electrons. The van der Waals surface area contributed by atoms with E-state index in [9.17, 15) is 4.79 Å². The molecule has 0 N–H and O–H groups in total. The van der Waals surface area contributed by atoms with Crippen LogP contribution < -0.4 is 9.80 Å². The molecule has 0 aromatic heterocycles. The number of fused-ring (bicyclic) bond motifs is 3. The average molecular weight is 625 g/mol. The van der Waals surface area contributed by atoms with Crippen molar-refractivity contribution in [2.45, 2.75) is 18.2 Å². The van der Waals surface area contributed by atoms with E-state index in [-0.39, 0.29) is 18.2 Å². The van der Waals surface area contributed by atoms with Crippen LogP contribution in [0.2, 0.25) is 0 Å². The van der Waals surface area contributed by atoms with E-state index in [2.05, 4.69) is 0 Å². The summed E-state index contributed by atoms with van der Waals surface area (Å²) in [5, 5.41) is 0. The minimum absolute atomic E-state index is 0.160. The third kappa shape index (κ3) is 4.88. The van der Waals surface area contributed by atoms with Crippen LogP contribution in [0.5, 0.6) is 0 Å². The summed E-state index contributed by atoms with van der Waals surface area (Å²) >= 11 is 0. The van der Waals surface area contributed by atoms with Crippen molar-refractivity contribution in [2.75, 3.05) is 9.80 Å². The number of benzene rings is 6. The fourth-order valence-electron chi connectivity index (χ4n) is 7.02. The van der Waals surface area contributed by atoms with Gasteiger partial charge in [-0.3, -0.25) is 19.4 Å². The number of carbonyl (C=O) groups excluding carboxylic acids is 2. The highest BCUT2D eigenvalue weighted by Gasteiger charge is 2.56. The lowest BCUT2D eigenvalue weighted by Gasteiger charge is -2.48. The Balaban J connectivity index is 1.46. The van der Waals surface area contributed by atoms with E-state index in [1.807, 2.05) is 181 Å². The Morgan fingerprint density at radius 2 is 1.08 bits per heavy atom. The van der Waals surface area contributed by atoms with Crippen LogP contribution in [0.1, 0.15) is 45.1 Å². The molecule has 0 saturated carbocycles. The first-order chi connectivity index (χ1) is 23.7. The van der Waals surface area contributed by atoms with E-state index in [1.54, 1.807) is 4.90 Å². The van der Waals surface area contributed by atoms with Gasteiger partial charge in [0, 0.05) is 23.1 Å². The van der Waals surface area contributed by atoms with Gasteiger partial charge >= 0.3 is 0 Å². The van der Waals surface area contributed by atoms with Crippen LogP contribution in [-0.4, -0.2) is 11.8 Å². The van der Waals surface area contributed by atoms with Gasteiger partial charge in [0.15, 0.2) is 0 Å². The highest BCUT2D eigenvalue weighted by Crippen LogP contribution is 2.56. The topological polar surface area (TPSA) is 49.9 Å². The molecular formula is C43H32N2O3. The highest BCUT2D eigenvalue weighted by atomic mass is 16.5. The normalized spacial score (nSPS) is 18.8. The summed E-state index contributed by atoms with van der Waals surface area (Å²) in [6.07, 6.45) is 0.262. The van der Waals surface area contributed by atoms with Gasteiger partial charge in [0.2, 0.25) is 5.72 Å². The second-order valence-corrected chi connectivity index (χ2v) is 12.0. The summed E-state index contributed by atoms with van der Waals surface area (Å²) in [6, 6.07) is 55.9. The summed E-state index contributed by atoms with van der Waals surface area (Å²) in [6.45, 7) is 0. The Morgan fingerprint density at radius 3 is 1.71 bits per heavy atom. The standard InChI is InChI=1S/C43H32N2O3/c46-41(34-24-12-4-13-25-34)44-36-28-16-17-29-37(36)45-42(47)39(32-20-8-2-9-21-32)40(33-22-10-3-11-23-33)48-43(45,35-26-14-5-15-27-35)30-38(44)31-18-6-1-7-19-31/h1-29,38H,30H2/t38-,43-/m0/s1. The molecular weight excluding hydrogens is 592 g/mol. The number of amides is 2. The Hall–Kier alpha value is -6.20. The molecule has 2 amide bonds. The second kappa shape index (κ2) is 12.2. The lowest BCUT2D eigenvalue weighted by molar-refractivity contribution is -0.120. The summed E-state index contributed by atoms with van der Waals surface area (Å²) in [5.74, 6) is 0.134. The van der Waals surface area contributed by atoms with Gasteiger partial charge in [0.05, 0.1) is 23.0 Å². The molecule has 2 aliphatic rings. The fraction of sp³-hybridized carbons (Fsp3) is 0.0698. The zero-order valence-corrected chi connectivity index (χ0v) is 26.1. The molecule has 8 rings (SSSR count). The highest BCUT2D eigenvalue weighted by molar-refractivity contribution is 6.33. The minimum atomic E-state index is -1.33. The fourth-order valence-corrected chi connectivity index (χ4v) is 7.02. The molecule has 6 aromatic carbocycles. The molecule has 5 heteroatoms. The number of nitrogens with zero attached hydrogens (tertiary/aromatic N) is 2. The lowest BCUT2D eigenvalue weighted by Crippen LogP contribution is -2.55. The predicted molar refractivity (Wildman–Crippen MR) is 190 cm³/mol. The maximum Gasteiger partial charge on any atom is 0.266 e. The van der Waals surface area contributed by atoms with Crippen molar-refractivity contribution in [3.8, 4) is 0 Å². The number of rotatable bonds is 5. The van der Waals surface area contributed by atoms with Crippen molar-refractivity contribution in [3.05, 3.63) is 204 Å². The van der Waals surface area contributed by atoms with Crippen molar-refractivity contribution in [1.29, 1.82) is 0 Å². The second-order valence-electron chi connectivity index (χ2n) is 12.0. The molecule has 5 nitrogen and oxygen atoms in total. The molecule has 0 bridgehead atoms. The van der Waals surface area contributed by atoms with Crippen molar-refractivity contribution in [2.24, 2.45) is 0 Å². The van der Waals surface area contributed by atoms with Crippen molar-refractivity contribution < 1.29 is 14.3 Å². The van der Waals surface area contributed by atoms with E-state index in [4.69, 9.17) is 4.74 Å². The molecule has 0 spiro atoms. The van der Waals surface area contributed by atoms with Crippen LogP contribution in [-0.2, 0) is 15.3 Å². The monoisotopic (exact) mass is 624 g/mol. The van der Waals surface area contributed by atoms with E-state index in [1.165, 1.54) is 0 Å². The smallest absolute Gasteiger partial charge is 0.266 e. The van der Waals surface area contributed by atoms with Crippen molar-refractivity contribution in [3.63, 3.8) is 0 Å². The van der Waals surface area contributed by atoms with Gasteiger partial charge in [-0.15, -0.1) is 0 Å². The SMILES string of the molecule is O=C(c1ccccc1)N1c2ccccc2N2C(=O)C(c3ccccc3)=C(c3ccccc3)O[C@]2(c2ccccc2)C[C@H]1c1ccccc1. The number of para-hydroxylation sites is 2. The zero-order chi connectivity index (χ0) is 32.5. The zero-order valence-electron chi connectivity index (χ0n) is 26.1. The summed E-state index contributed by atoms with van der Waals surface area (Å²) < 4.78 is 7.46. The summed E-state index contributed by atoms with van der Waals surface area (Å²) in [7, 11) is 0. The molecule has 0 unspecified atom stereocenters. The summed E-state index contributed by atoms with van der Waals surface area (Å²) in [5.41, 5.74) is 4.20. The van der Waals surface area contributed by atoms with E-state index in [0.717, 1.165) is 22.3 Å². The van der Waals surface area contributed by atoms with Crippen LogP contribution in [0.3, 0.4) is 0 Å². The number of anilines is 2. The van der Waals surface area contributed by atoms with Crippen LogP contribution in [0.4, 0.5) is 11.4 Å². The molecule has 2 heterocycles. The maximum absolute atomic E-state index is 15.5. The van der Waals surface area contributed by atoms with Gasteiger partial charge in [0.25, 0.3) is 11.8 Å². The molecule has 2 atom stereocenters. The first-order valence-electron chi connectivity index (χ1n) is 16.1. The van der Waals surface area contributed by atoms with E-state index in [0.29, 0.717) is 28.3 Å². The van der Waals surface area contributed by atoms with Gasteiger partial charge in [-0.25, -0.2) is 0 Å². The first-order valence-corrected chi connectivity index (χ1v) is 16.1. The van der Waals surface area contributed by atoms with Crippen LogP contribution in [0, 0.1) is 0 Å². The molecule has 232 valence electrons. The van der Waals surface area contributed by atoms with E-state index >= 15 is 4.79 Å². The maximum atomic E-state index is 15.5. The molecule has 6 aromatic rings. The largest absolute Gasteiger partial charge is 0.462 e. The number of ether oxygens (including phenoxy) is 1. The van der Waals surface area contributed by atoms with Gasteiger partial charge in [-0.1, -0.05) is 152 Å². The molecule has 0 fully saturated rings. The van der Waals surface area contributed by atoms with Crippen molar-refractivity contribution in [1.82, 2.24) is 0 Å². The predicted octanol–water partition coefficient (Wildman–Crippen LogP) is 9.26. The number of hydrogen-bond donors (Lipinski definition) is 0. The quantitative estimate of drug-likeness (QED) is 0.192. The molecule has 0 saturated heterocycles. The average Bonchev–Trinajstić information content (AvgIpc) is 3.30.